The first-order valence-electron chi connectivity index (χ1n) is 11.4. The van der Waals surface area contributed by atoms with Gasteiger partial charge in [-0.15, -0.1) is 0 Å². The fourth-order valence-corrected chi connectivity index (χ4v) is 5.00. The number of nitrogens with one attached hydrogen (secondary N) is 2. The van der Waals surface area contributed by atoms with Gasteiger partial charge in [-0.1, -0.05) is 18.2 Å². The number of rotatable bonds is 6. The van der Waals surface area contributed by atoms with Crippen LogP contribution >= 0.6 is 0 Å². The van der Waals surface area contributed by atoms with Crippen LogP contribution < -0.4 is 5.32 Å². The maximum Gasteiger partial charge on any atom is 0.226 e. The Morgan fingerprint density at radius 2 is 1.93 bits per heavy atom. The third-order valence-corrected chi connectivity index (χ3v) is 6.58. The van der Waals surface area contributed by atoms with Crippen molar-refractivity contribution in [2.45, 2.75) is 51.0 Å². The molecule has 2 aromatic rings. The maximum atomic E-state index is 12.8. The van der Waals surface area contributed by atoms with Crippen molar-refractivity contribution in [3.05, 3.63) is 36.0 Å². The molecule has 2 amide bonds. The van der Waals surface area contributed by atoms with Gasteiger partial charge in [0, 0.05) is 55.7 Å². The topological polar surface area (TPSA) is 68.4 Å². The molecule has 4 rings (SSSR count). The predicted molar refractivity (Wildman–Crippen MR) is 119 cm³/mol. The second kappa shape index (κ2) is 9.65. The van der Waals surface area contributed by atoms with Crippen LogP contribution in [0.15, 0.2) is 30.5 Å². The number of aromatic amines is 1. The van der Waals surface area contributed by atoms with Crippen molar-refractivity contribution in [1.29, 1.82) is 0 Å². The smallest absolute Gasteiger partial charge is 0.226 e. The van der Waals surface area contributed by atoms with Gasteiger partial charge in [0.05, 0.1) is 5.92 Å². The molecule has 30 heavy (non-hydrogen) atoms. The Morgan fingerprint density at radius 3 is 2.77 bits per heavy atom. The number of fused-ring (bicyclic) bond motifs is 1. The lowest BCUT2D eigenvalue weighted by atomic mass is 10.00. The lowest BCUT2D eigenvalue weighted by molar-refractivity contribution is -0.135. The van der Waals surface area contributed by atoms with Crippen LogP contribution in [0.5, 0.6) is 0 Å². The Hall–Kier alpha value is -2.34. The van der Waals surface area contributed by atoms with Gasteiger partial charge in [0.2, 0.25) is 11.8 Å². The molecular formula is C24H34N4O2. The van der Waals surface area contributed by atoms with Gasteiger partial charge in [-0.05, 0) is 57.2 Å². The summed E-state index contributed by atoms with van der Waals surface area (Å²) in [6.45, 7) is 3.44. The van der Waals surface area contributed by atoms with E-state index in [0.29, 0.717) is 12.3 Å². The Balaban J connectivity index is 1.23. The minimum atomic E-state index is 0.0666. The van der Waals surface area contributed by atoms with Crippen LogP contribution in [0.4, 0.5) is 0 Å². The van der Waals surface area contributed by atoms with E-state index in [0.717, 1.165) is 70.2 Å². The normalized spacial score (nSPS) is 22.9. The summed E-state index contributed by atoms with van der Waals surface area (Å²) in [5, 5.41) is 4.47. The van der Waals surface area contributed by atoms with Gasteiger partial charge in [0.25, 0.3) is 0 Å². The van der Waals surface area contributed by atoms with Gasteiger partial charge >= 0.3 is 0 Å². The zero-order chi connectivity index (χ0) is 20.9. The Labute approximate surface area is 179 Å². The number of hydrogen-bond acceptors (Lipinski definition) is 3. The fourth-order valence-electron chi connectivity index (χ4n) is 5.00. The molecule has 1 aromatic heterocycles. The van der Waals surface area contributed by atoms with E-state index in [2.05, 4.69) is 46.6 Å². The maximum absolute atomic E-state index is 12.8. The van der Waals surface area contributed by atoms with Crippen LogP contribution in [0.2, 0.25) is 0 Å². The molecule has 162 valence electrons. The number of amides is 2. The molecule has 0 bridgehead atoms. The minimum Gasteiger partial charge on any atom is -0.361 e. The number of benzene rings is 1. The summed E-state index contributed by atoms with van der Waals surface area (Å²) < 4.78 is 0. The third-order valence-electron chi connectivity index (χ3n) is 6.58. The van der Waals surface area contributed by atoms with Gasteiger partial charge < -0.3 is 20.1 Å². The molecule has 0 spiro atoms. The number of nitrogens with zero attached hydrogens (tertiary/aromatic N) is 2. The number of aromatic nitrogens is 1. The highest BCUT2D eigenvalue weighted by Crippen LogP contribution is 2.22. The number of carbonyl (C=O) groups is 2. The van der Waals surface area contributed by atoms with Crippen molar-refractivity contribution in [2.75, 3.05) is 33.2 Å². The molecule has 2 fully saturated rings. The van der Waals surface area contributed by atoms with Gasteiger partial charge in [-0.2, -0.15) is 0 Å². The highest BCUT2D eigenvalue weighted by Gasteiger charge is 2.31. The standard InChI is InChI=1S/C24H34N4O2/c1-27-16-19(24(30)28-13-4-5-14-28)11-12-20(17-27)26-23(29)10-6-7-18-15-25-22-9-3-2-8-21(18)22/h2-3,8-9,15,19-20,25H,4-7,10-14,16-17H2,1H3,(H,26,29)/t19-,20+/m1/s1. The molecule has 0 aliphatic carbocycles. The second-order valence-corrected chi connectivity index (χ2v) is 9.01. The number of para-hydroxylation sites is 1. The first kappa shape index (κ1) is 20.9. The molecule has 6 heteroatoms. The van der Waals surface area contributed by atoms with Crippen molar-refractivity contribution in [2.24, 2.45) is 5.92 Å². The lowest BCUT2D eigenvalue weighted by Gasteiger charge is -2.24. The quantitative estimate of drug-likeness (QED) is 0.769. The lowest BCUT2D eigenvalue weighted by Crippen LogP contribution is -2.42. The molecule has 1 aromatic carbocycles. The first-order chi connectivity index (χ1) is 14.6. The summed E-state index contributed by atoms with van der Waals surface area (Å²) in [7, 11) is 2.06. The van der Waals surface area contributed by atoms with Gasteiger partial charge in [0.1, 0.15) is 0 Å². The van der Waals surface area contributed by atoms with E-state index in [1.807, 2.05) is 11.0 Å². The van der Waals surface area contributed by atoms with E-state index in [1.165, 1.54) is 10.9 Å². The molecular weight excluding hydrogens is 376 g/mol. The van der Waals surface area contributed by atoms with Crippen LogP contribution in [-0.4, -0.2) is 65.9 Å². The third kappa shape index (κ3) is 5.04. The van der Waals surface area contributed by atoms with Crippen LogP contribution in [0.3, 0.4) is 0 Å². The van der Waals surface area contributed by atoms with Crippen LogP contribution in [-0.2, 0) is 16.0 Å². The number of aryl methyl sites for hydroxylation is 1. The zero-order valence-electron chi connectivity index (χ0n) is 18.0. The molecule has 2 aliphatic heterocycles. The van der Waals surface area contributed by atoms with E-state index < -0.39 is 0 Å². The van der Waals surface area contributed by atoms with E-state index in [9.17, 15) is 9.59 Å². The Kier molecular flexibility index (Phi) is 6.72. The average Bonchev–Trinajstić information content (AvgIpc) is 3.37. The van der Waals surface area contributed by atoms with Gasteiger partial charge in [-0.25, -0.2) is 0 Å². The summed E-state index contributed by atoms with van der Waals surface area (Å²) in [6.07, 6.45) is 8.33. The molecule has 6 nitrogen and oxygen atoms in total. The Bertz CT molecular complexity index is 871. The summed E-state index contributed by atoms with van der Waals surface area (Å²) in [4.78, 5) is 32.9. The average molecular weight is 411 g/mol. The van der Waals surface area contributed by atoms with Gasteiger partial charge in [0.15, 0.2) is 0 Å². The SMILES string of the molecule is CN1C[C@@H](NC(=O)CCCc2c[nH]c3ccccc23)CC[C@@H](C(=O)N2CCCC2)C1. The number of H-pyrrole nitrogens is 1. The molecule has 3 heterocycles. The predicted octanol–water partition coefficient (Wildman–Crippen LogP) is 2.94. The summed E-state index contributed by atoms with van der Waals surface area (Å²) in [5.74, 6) is 0.500. The van der Waals surface area contributed by atoms with E-state index in [4.69, 9.17) is 0 Å². The number of carbonyl (C=O) groups excluding carboxylic acids is 2. The minimum absolute atomic E-state index is 0.0666. The van der Waals surface area contributed by atoms with Crippen molar-refractivity contribution < 1.29 is 9.59 Å². The largest absolute Gasteiger partial charge is 0.361 e. The van der Waals surface area contributed by atoms with E-state index in [-0.39, 0.29) is 17.9 Å². The van der Waals surface area contributed by atoms with E-state index >= 15 is 0 Å². The highest BCUT2D eigenvalue weighted by molar-refractivity contribution is 5.83. The molecule has 2 atom stereocenters. The van der Waals surface area contributed by atoms with E-state index in [1.54, 1.807) is 0 Å². The molecule has 2 saturated heterocycles. The number of likely N-dealkylation sites (N-methyl/N-ethyl adjacent to an activating group) is 1. The van der Waals surface area contributed by atoms with Gasteiger partial charge in [-0.3, -0.25) is 9.59 Å². The molecule has 0 unspecified atom stereocenters. The fraction of sp³-hybridized carbons (Fsp3) is 0.583. The summed E-state index contributed by atoms with van der Waals surface area (Å²) in [6, 6.07) is 8.42. The van der Waals surface area contributed by atoms with Crippen molar-refractivity contribution in [3.8, 4) is 0 Å². The van der Waals surface area contributed by atoms with Crippen molar-refractivity contribution in [1.82, 2.24) is 20.1 Å². The van der Waals surface area contributed by atoms with Crippen LogP contribution in [0, 0.1) is 5.92 Å². The van der Waals surface area contributed by atoms with Crippen LogP contribution in [0.25, 0.3) is 10.9 Å². The molecule has 0 saturated carbocycles. The highest BCUT2D eigenvalue weighted by atomic mass is 16.2. The monoisotopic (exact) mass is 410 g/mol. The number of likely N-dealkylation sites (tertiary alicyclic amines) is 2. The number of hydrogen-bond donors (Lipinski definition) is 2. The zero-order valence-corrected chi connectivity index (χ0v) is 18.0. The summed E-state index contributed by atoms with van der Waals surface area (Å²) >= 11 is 0. The van der Waals surface area contributed by atoms with Crippen LogP contribution in [0.1, 0.15) is 44.1 Å². The Morgan fingerprint density at radius 1 is 1.13 bits per heavy atom. The molecule has 2 N–H and O–H groups in total. The molecule has 2 aliphatic rings. The summed E-state index contributed by atoms with van der Waals surface area (Å²) in [5.41, 5.74) is 2.42. The molecule has 0 radical (unpaired) electrons. The van der Waals surface area contributed by atoms with Crippen molar-refractivity contribution in [3.63, 3.8) is 0 Å². The first-order valence-corrected chi connectivity index (χ1v) is 11.4. The second-order valence-electron chi connectivity index (χ2n) is 9.01. The van der Waals surface area contributed by atoms with Crippen molar-refractivity contribution >= 4 is 22.7 Å².